The number of Topliss-reactive ketones (excluding diaryl/α,β-unsaturated/α-hetero) is 2. The summed E-state index contributed by atoms with van der Waals surface area (Å²) in [4.78, 5) is 52.5. The van der Waals surface area contributed by atoms with Gasteiger partial charge in [0.25, 0.3) is 0 Å². The molecular formula is C16H25N5O4. The van der Waals surface area contributed by atoms with E-state index in [0.29, 0.717) is 19.4 Å². The predicted octanol–water partition coefficient (Wildman–Crippen LogP) is -1.27. The number of carbonyl (C=O) groups excluding carboxylic acids is 4. The number of hydrogen-bond donors (Lipinski definition) is 4. The first kappa shape index (κ1) is 18.9. The third-order valence-corrected chi connectivity index (χ3v) is 5.05. The minimum atomic E-state index is -0.861. The van der Waals surface area contributed by atoms with Gasteiger partial charge in [0.1, 0.15) is 17.6 Å². The van der Waals surface area contributed by atoms with Crippen LogP contribution in [0.5, 0.6) is 0 Å². The van der Waals surface area contributed by atoms with Crippen LogP contribution in [0.15, 0.2) is 4.99 Å². The highest BCUT2D eigenvalue weighted by Crippen LogP contribution is 2.47. The molecule has 1 unspecified atom stereocenters. The smallest absolute Gasteiger partial charge is 0.240 e. The number of rotatable bonds is 5. The molecule has 1 aliphatic carbocycles. The molecule has 25 heavy (non-hydrogen) atoms. The Hall–Kier alpha value is -2.45. The molecule has 1 aliphatic heterocycles. The Kier molecular flexibility index (Phi) is 5.76. The van der Waals surface area contributed by atoms with Crippen molar-refractivity contribution in [1.82, 2.24) is 5.32 Å². The van der Waals surface area contributed by atoms with Gasteiger partial charge >= 0.3 is 0 Å². The molecule has 0 aromatic heterocycles. The van der Waals surface area contributed by atoms with E-state index in [-0.39, 0.29) is 55.5 Å². The summed E-state index contributed by atoms with van der Waals surface area (Å²) in [6, 6.07) is -0.861. The summed E-state index contributed by atoms with van der Waals surface area (Å²) < 4.78 is 0. The van der Waals surface area contributed by atoms with Crippen molar-refractivity contribution in [3.8, 4) is 0 Å². The maximum atomic E-state index is 12.6. The summed E-state index contributed by atoms with van der Waals surface area (Å²) in [7, 11) is 0. The van der Waals surface area contributed by atoms with Gasteiger partial charge < -0.3 is 22.5 Å². The van der Waals surface area contributed by atoms with E-state index in [0.717, 1.165) is 0 Å². The number of primary amides is 1. The second-order valence-corrected chi connectivity index (χ2v) is 6.96. The van der Waals surface area contributed by atoms with Gasteiger partial charge in [-0.3, -0.25) is 24.2 Å². The zero-order chi connectivity index (χ0) is 18.6. The minimum Gasteiger partial charge on any atom is -0.370 e. The molecule has 0 aromatic rings. The lowest BCUT2D eigenvalue weighted by molar-refractivity contribution is -0.143. The lowest BCUT2D eigenvalue weighted by Crippen LogP contribution is -2.59. The fourth-order valence-electron chi connectivity index (χ4n) is 3.96. The first-order valence-corrected chi connectivity index (χ1v) is 8.42. The second-order valence-electron chi connectivity index (χ2n) is 6.96. The van der Waals surface area contributed by atoms with Gasteiger partial charge in [0.2, 0.25) is 11.8 Å². The highest BCUT2D eigenvalue weighted by Gasteiger charge is 2.51. The van der Waals surface area contributed by atoms with Crippen LogP contribution in [-0.4, -0.2) is 41.9 Å². The van der Waals surface area contributed by atoms with Crippen molar-refractivity contribution in [1.29, 1.82) is 0 Å². The summed E-state index contributed by atoms with van der Waals surface area (Å²) in [5, 5.41) is 2.62. The Morgan fingerprint density at radius 2 is 1.72 bits per heavy atom. The molecule has 9 heteroatoms. The van der Waals surface area contributed by atoms with E-state index in [4.69, 9.17) is 17.2 Å². The van der Waals surface area contributed by atoms with Crippen LogP contribution in [0.4, 0.5) is 0 Å². The van der Waals surface area contributed by atoms with Gasteiger partial charge in [-0.2, -0.15) is 0 Å². The monoisotopic (exact) mass is 351 g/mol. The lowest BCUT2D eigenvalue weighted by Gasteiger charge is -2.45. The van der Waals surface area contributed by atoms with Crippen molar-refractivity contribution in [3.05, 3.63) is 0 Å². The molecule has 1 saturated heterocycles. The van der Waals surface area contributed by atoms with Gasteiger partial charge in [-0.05, 0) is 24.7 Å². The van der Waals surface area contributed by atoms with E-state index >= 15 is 0 Å². The van der Waals surface area contributed by atoms with Gasteiger partial charge in [-0.1, -0.05) is 0 Å². The predicted molar refractivity (Wildman–Crippen MR) is 90.1 cm³/mol. The van der Waals surface area contributed by atoms with Gasteiger partial charge in [0, 0.05) is 38.1 Å². The maximum Gasteiger partial charge on any atom is 0.240 e. The molecule has 2 fully saturated rings. The molecular weight excluding hydrogens is 326 g/mol. The van der Waals surface area contributed by atoms with Crippen LogP contribution in [-0.2, 0) is 19.2 Å². The number of nitrogens with two attached hydrogens (primary N) is 3. The highest BCUT2D eigenvalue weighted by atomic mass is 16.2. The van der Waals surface area contributed by atoms with Crippen molar-refractivity contribution in [2.45, 2.75) is 51.0 Å². The van der Waals surface area contributed by atoms with Crippen molar-refractivity contribution in [2.75, 3.05) is 6.54 Å². The number of aliphatic imine (C=N–C) groups is 1. The SMILES string of the molecule is NC(=O)C1CC2(CC(=O)CCC(=O)C2)[C@@H](CCCN=C(N)N)C(=O)N1. The van der Waals surface area contributed by atoms with Gasteiger partial charge in [0.15, 0.2) is 5.96 Å². The van der Waals surface area contributed by atoms with Gasteiger partial charge in [-0.15, -0.1) is 0 Å². The van der Waals surface area contributed by atoms with Gasteiger partial charge in [-0.25, -0.2) is 0 Å². The molecule has 0 aromatic carbocycles. The average Bonchev–Trinajstić information content (AvgIpc) is 2.64. The molecule has 1 spiro atoms. The fraction of sp³-hybridized carbons (Fsp3) is 0.688. The van der Waals surface area contributed by atoms with Crippen LogP contribution >= 0.6 is 0 Å². The third-order valence-electron chi connectivity index (χ3n) is 5.05. The average molecular weight is 351 g/mol. The number of ketones is 2. The van der Waals surface area contributed by atoms with Crippen molar-refractivity contribution in [2.24, 2.45) is 33.5 Å². The van der Waals surface area contributed by atoms with Crippen molar-refractivity contribution >= 4 is 29.3 Å². The zero-order valence-corrected chi connectivity index (χ0v) is 14.1. The van der Waals surface area contributed by atoms with Crippen LogP contribution in [0.1, 0.15) is 44.9 Å². The Morgan fingerprint density at radius 3 is 2.24 bits per heavy atom. The normalized spacial score (nSPS) is 26.0. The molecule has 1 heterocycles. The quantitative estimate of drug-likeness (QED) is 0.273. The number of guanidine groups is 1. The summed E-state index contributed by atoms with van der Waals surface area (Å²) in [6.07, 6.45) is 1.76. The Labute approximate surface area is 145 Å². The number of piperidine rings is 1. The molecule has 2 rings (SSSR count). The molecule has 138 valence electrons. The summed E-state index contributed by atoms with van der Waals surface area (Å²) in [5.41, 5.74) is 15.1. The molecule has 9 nitrogen and oxygen atoms in total. The van der Waals surface area contributed by atoms with E-state index in [2.05, 4.69) is 10.3 Å². The van der Waals surface area contributed by atoms with Crippen molar-refractivity contribution in [3.63, 3.8) is 0 Å². The van der Waals surface area contributed by atoms with Crippen molar-refractivity contribution < 1.29 is 19.2 Å². The second kappa shape index (κ2) is 7.62. The minimum absolute atomic E-state index is 0.0311. The van der Waals surface area contributed by atoms with Crippen LogP contribution in [0.2, 0.25) is 0 Å². The summed E-state index contributed by atoms with van der Waals surface area (Å²) >= 11 is 0. The van der Waals surface area contributed by atoms with E-state index in [9.17, 15) is 19.2 Å². The number of carbonyl (C=O) groups is 4. The topological polar surface area (TPSA) is 171 Å². The molecule has 2 amide bonds. The molecule has 7 N–H and O–H groups in total. The molecule has 2 aliphatic rings. The highest BCUT2D eigenvalue weighted by molar-refractivity contribution is 5.94. The molecule has 0 radical (unpaired) electrons. The van der Waals surface area contributed by atoms with Gasteiger partial charge in [0.05, 0.1) is 0 Å². The number of amides is 2. The van der Waals surface area contributed by atoms with Crippen LogP contribution < -0.4 is 22.5 Å². The first-order valence-electron chi connectivity index (χ1n) is 8.42. The van der Waals surface area contributed by atoms with E-state index in [1.54, 1.807) is 0 Å². The maximum absolute atomic E-state index is 12.6. The zero-order valence-electron chi connectivity index (χ0n) is 14.1. The summed E-state index contributed by atoms with van der Waals surface area (Å²) in [5.74, 6) is -1.70. The Balaban J connectivity index is 2.27. The standard InChI is InChI=1S/C16H25N5O4/c17-13(24)12-8-16(6-9(22)3-4-10(23)7-16)11(14(25)21-12)2-1-5-20-15(18)19/h11-12H,1-8H2,(H2,17,24)(H,21,25)(H4,18,19,20)/t11-,12?/m0/s1. The number of hydrogen-bond acceptors (Lipinski definition) is 5. The van der Waals surface area contributed by atoms with Crippen LogP contribution in [0, 0.1) is 11.3 Å². The summed E-state index contributed by atoms with van der Waals surface area (Å²) in [6.45, 7) is 0.351. The molecule has 2 atom stereocenters. The lowest BCUT2D eigenvalue weighted by atomic mass is 9.62. The molecule has 1 saturated carbocycles. The number of nitrogens with one attached hydrogen (secondary N) is 1. The van der Waals surface area contributed by atoms with E-state index in [1.807, 2.05) is 0 Å². The largest absolute Gasteiger partial charge is 0.370 e. The Bertz CT molecular complexity index is 594. The van der Waals surface area contributed by atoms with Crippen LogP contribution in [0.3, 0.4) is 0 Å². The fourth-order valence-corrected chi connectivity index (χ4v) is 3.96. The number of nitrogens with zero attached hydrogens (tertiary/aromatic N) is 1. The van der Waals surface area contributed by atoms with E-state index in [1.165, 1.54) is 0 Å². The van der Waals surface area contributed by atoms with Crippen LogP contribution in [0.25, 0.3) is 0 Å². The van der Waals surface area contributed by atoms with E-state index < -0.39 is 23.3 Å². The Morgan fingerprint density at radius 1 is 1.12 bits per heavy atom. The third kappa shape index (κ3) is 4.55. The first-order chi connectivity index (χ1) is 11.7. The molecule has 0 bridgehead atoms.